The topological polar surface area (TPSA) is 105 Å². The lowest BCUT2D eigenvalue weighted by Crippen LogP contribution is -2.45. The van der Waals surface area contributed by atoms with E-state index in [4.69, 9.17) is 9.63 Å². The zero-order valence-electron chi connectivity index (χ0n) is 13.7. The van der Waals surface area contributed by atoms with E-state index in [2.05, 4.69) is 15.5 Å². The number of amides is 1. The summed E-state index contributed by atoms with van der Waals surface area (Å²) in [5, 5.41) is 15.7. The van der Waals surface area contributed by atoms with Gasteiger partial charge in [0, 0.05) is 6.42 Å². The highest BCUT2D eigenvalue weighted by molar-refractivity contribution is 5.96. The van der Waals surface area contributed by atoms with Gasteiger partial charge in [0.2, 0.25) is 5.89 Å². The molecule has 1 aliphatic carbocycles. The summed E-state index contributed by atoms with van der Waals surface area (Å²) in [6.07, 6.45) is 3.63. The normalized spacial score (nSPS) is 15.9. The molecular weight excluding hydrogens is 329 g/mol. The van der Waals surface area contributed by atoms with Gasteiger partial charge in [-0.25, -0.2) is 9.18 Å². The summed E-state index contributed by atoms with van der Waals surface area (Å²) in [7, 11) is 0. The number of aromatic carboxylic acids is 1. The number of hydrogen-bond acceptors (Lipinski definition) is 5. The standard InChI is InChI=1S/C17H18FN3O4/c1-2-13-19-16(21-25-13)17(7-3-4-8-17)20-14(22)11-6-5-10(15(23)24)9-12(11)18/h5-6,9H,2-4,7-8H2,1H3,(H,20,22)(H,23,24). The lowest BCUT2D eigenvalue weighted by atomic mass is 9.95. The molecule has 8 heteroatoms. The van der Waals surface area contributed by atoms with Crippen LogP contribution in [0, 0.1) is 5.82 Å². The van der Waals surface area contributed by atoms with Crippen LogP contribution < -0.4 is 5.32 Å². The number of carbonyl (C=O) groups excluding carboxylic acids is 1. The Balaban J connectivity index is 1.88. The number of benzene rings is 1. The zero-order chi connectivity index (χ0) is 18.0. The van der Waals surface area contributed by atoms with Gasteiger partial charge >= 0.3 is 5.97 Å². The Kier molecular flexibility index (Phi) is 4.52. The number of halogens is 1. The van der Waals surface area contributed by atoms with Crippen molar-refractivity contribution in [2.45, 2.75) is 44.6 Å². The number of hydrogen-bond donors (Lipinski definition) is 2. The van der Waals surface area contributed by atoms with Gasteiger partial charge in [0.05, 0.1) is 11.1 Å². The van der Waals surface area contributed by atoms with E-state index in [1.807, 2.05) is 6.92 Å². The van der Waals surface area contributed by atoms with Crippen LogP contribution in [0.5, 0.6) is 0 Å². The lowest BCUT2D eigenvalue weighted by Gasteiger charge is -2.26. The van der Waals surface area contributed by atoms with Crippen LogP contribution in [0.3, 0.4) is 0 Å². The van der Waals surface area contributed by atoms with Gasteiger partial charge in [-0.3, -0.25) is 4.79 Å². The van der Waals surface area contributed by atoms with E-state index in [-0.39, 0.29) is 11.1 Å². The molecule has 2 N–H and O–H groups in total. The lowest BCUT2D eigenvalue weighted by molar-refractivity contribution is 0.0695. The van der Waals surface area contributed by atoms with Crippen LogP contribution in [0.15, 0.2) is 22.7 Å². The molecule has 1 aromatic carbocycles. The number of carboxylic acids is 1. The Hall–Kier alpha value is -2.77. The van der Waals surface area contributed by atoms with E-state index in [1.54, 1.807) is 0 Å². The maximum Gasteiger partial charge on any atom is 0.335 e. The molecule has 0 unspecified atom stereocenters. The van der Waals surface area contributed by atoms with Gasteiger partial charge in [0.1, 0.15) is 11.4 Å². The van der Waals surface area contributed by atoms with Crippen molar-refractivity contribution in [3.05, 3.63) is 46.9 Å². The van der Waals surface area contributed by atoms with Crippen molar-refractivity contribution in [2.24, 2.45) is 0 Å². The Morgan fingerprint density at radius 2 is 2.08 bits per heavy atom. The van der Waals surface area contributed by atoms with Gasteiger partial charge in [-0.2, -0.15) is 4.98 Å². The van der Waals surface area contributed by atoms with Crippen LogP contribution >= 0.6 is 0 Å². The van der Waals surface area contributed by atoms with Crippen LogP contribution in [0.25, 0.3) is 0 Å². The molecule has 1 amide bonds. The molecule has 1 heterocycles. The molecule has 0 radical (unpaired) electrons. The molecule has 1 aliphatic rings. The Morgan fingerprint density at radius 1 is 1.36 bits per heavy atom. The molecule has 1 aromatic heterocycles. The van der Waals surface area contributed by atoms with Gasteiger partial charge in [-0.15, -0.1) is 0 Å². The fourth-order valence-corrected chi connectivity index (χ4v) is 3.09. The minimum atomic E-state index is -1.25. The first-order chi connectivity index (χ1) is 11.9. The van der Waals surface area contributed by atoms with Gasteiger partial charge in [-0.05, 0) is 31.0 Å². The van der Waals surface area contributed by atoms with E-state index in [0.717, 1.165) is 18.9 Å². The fourth-order valence-electron chi connectivity index (χ4n) is 3.09. The van der Waals surface area contributed by atoms with Crippen molar-refractivity contribution in [1.29, 1.82) is 0 Å². The first-order valence-corrected chi connectivity index (χ1v) is 8.13. The smallest absolute Gasteiger partial charge is 0.335 e. The molecular formula is C17H18FN3O4. The van der Waals surface area contributed by atoms with Crippen molar-refractivity contribution in [3.8, 4) is 0 Å². The van der Waals surface area contributed by atoms with Crippen LogP contribution in [0.2, 0.25) is 0 Å². The molecule has 0 aliphatic heterocycles. The highest BCUT2D eigenvalue weighted by Gasteiger charge is 2.41. The third kappa shape index (κ3) is 3.24. The van der Waals surface area contributed by atoms with E-state index in [9.17, 15) is 14.0 Å². The van der Waals surface area contributed by atoms with Gasteiger partial charge in [0.25, 0.3) is 5.91 Å². The molecule has 7 nitrogen and oxygen atoms in total. The second kappa shape index (κ2) is 6.62. The molecule has 25 heavy (non-hydrogen) atoms. The predicted molar refractivity (Wildman–Crippen MR) is 84.6 cm³/mol. The van der Waals surface area contributed by atoms with Crippen LogP contribution in [-0.2, 0) is 12.0 Å². The first-order valence-electron chi connectivity index (χ1n) is 8.13. The molecule has 2 aromatic rings. The van der Waals surface area contributed by atoms with Gasteiger partial charge in [-0.1, -0.05) is 24.9 Å². The maximum absolute atomic E-state index is 14.1. The number of rotatable bonds is 5. The van der Waals surface area contributed by atoms with Crippen LogP contribution in [0.4, 0.5) is 4.39 Å². The number of aryl methyl sites for hydroxylation is 1. The van der Waals surface area contributed by atoms with Crippen LogP contribution in [0.1, 0.15) is 65.0 Å². The number of nitrogens with one attached hydrogen (secondary N) is 1. The zero-order valence-corrected chi connectivity index (χ0v) is 13.7. The van der Waals surface area contributed by atoms with E-state index >= 15 is 0 Å². The Morgan fingerprint density at radius 3 is 2.64 bits per heavy atom. The van der Waals surface area contributed by atoms with Crippen molar-refractivity contribution in [3.63, 3.8) is 0 Å². The third-order valence-corrected chi connectivity index (χ3v) is 4.47. The third-order valence-electron chi connectivity index (χ3n) is 4.47. The fraction of sp³-hybridized carbons (Fsp3) is 0.412. The second-order valence-electron chi connectivity index (χ2n) is 6.11. The summed E-state index contributed by atoms with van der Waals surface area (Å²) in [5.41, 5.74) is -1.21. The predicted octanol–water partition coefficient (Wildman–Crippen LogP) is 2.67. The summed E-state index contributed by atoms with van der Waals surface area (Å²) < 4.78 is 19.3. The SMILES string of the molecule is CCc1nc(C2(NC(=O)c3ccc(C(=O)O)cc3F)CCCC2)no1. The Bertz CT molecular complexity index is 812. The Labute approximate surface area is 143 Å². The van der Waals surface area contributed by atoms with Gasteiger partial charge < -0.3 is 14.9 Å². The largest absolute Gasteiger partial charge is 0.478 e. The monoisotopic (exact) mass is 347 g/mol. The average Bonchev–Trinajstić information content (AvgIpc) is 3.24. The minimum absolute atomic E-state index is 0.213. The maximum atomic E-state index is 14.1. The summed E-state index contributed by atoms with van der Waals surface area (Å²) >= 11 is 0. The van der Waals surface area contributed by atoms with Crippen molar-refractivity contribution >= 4 is 11.9 Å². The van der Waals surface area contributed by atoms with E-state index in [1.165, 1.54) is 12.1 Å². The summed E-state index contributed by atoms with van der Waals surface area (Å²) in [4.78, 5) is 27.8. The number of aromatic nitrogens is 2. The van der Waals surface area contributed by atoms with Crippen molar-refractivity contribution < 1.29 is 23.6 Å². The highest BCUT2D eigenvalue weighted by atomic mass is 19.1. The number of carboxylic acid groups (broad SMARTS) is 1. The van der Waals surface area contributed by atoms with Crippen molar-refractivity contribution in [1.82, 2.24) is 15.5 Å². The second-order valence-corrected chi connectivity index (χ2v) is 6.11. The molecule has 1 saturated carbocycles. The quantitative estimate of drug-likeness (QED) is 0.861. The molecule has 132 valence electrons. The summed E-state index contributed by atoms with van der Waals surface area (Å²) in [6, 6.07) is 3.21. The van der Waals surface area contributed by atoms with Gasteiger partial charge in [0.15, 0.2) is 5.82 Å². The number of carbonyl (C=O) groups is 2. The number of nitrogens with zero attached hydrogens (tertiary/aromatic N) is 2. The molecule has 0 atom stereocenters. The summed E-state index contributed by atoms with van der Waals surface area (Å²) in [5.74, 6) is -1.88. The molecule has 0 bridgehead atoms. The molecule has 0 saturated heterocycles. The van der Waals surface area contributed by atoms with E-state index in [0.29, 0.717) is 31.0 Å². The average molecular weight is 347 g/mol. The summed E-state index contributed by atoms with van der Waals surface area (Å²) in [6.45, 7) is 1.89. The highest BCUT2D eigenvalue weighted by Crippen LogP contribution is 2.37. The van der Waals surface area contributed by atoms with Crippen molar-refractivity contribution in [2.75, 3.05) is 0 Å². The van der Waals surface area contributed by atoms with Crippen LogP contribution in [-0.4, -0.2) is 27.1 Å². The minimum Gasteiger partial charge on any atom is -0.478 e. The molecule has 1 fully saturated rings. The molecule has 0 spiro atoms. The van der Waals surface area contributed by atoms with E-state index < -0.39 is 23.2 Å². The first kappa shape index (κ1) is 17.1. The molecule has 3 rings (SSSR count).